The molecule has 0 bridgehead atoms. The van der Waals surface area contributed by atoms with E-state index in [0.29, 0.717) is 55.1 Å². The number of phenols is 2. The molecule has 3 aliphatic carbocycles. The van der Waals surface area contributed by atoms with Crippen molar-refractivity contribution in [3.63, 3.8) is 0 Å². The van der Waals surface area contributed by atoms with E-state index in [1.165, 1.54) is 0 Å². The molecule has 42 heavy (non-hydrogen) atoms. The summed E-state index contributed by atoms with van der Waals surface area (Å²) in [6.45, 7) is 4.93. The summed E-state index contributed by atoms with van der Waals surface area (Å²) in [6.07, 6.45) is 5.69. The highest BCUT2D eigenvalue weighted by Crippen LogP contribution is 3.01. The van der Waals surface area contributed by atoms with Gasteiger partial charge < -0.3 is 30.0 Å². The Morgan fingerprint density at radius 2 is 1.24 bits per heavy atom. The predicted molar refractivity (Wildman–Crippen MR) is 162 cm³/mol. The molecule has 9 rings (SSSR count). The molecule has 216 valence electrons. The third-order valence-electron chi connectivity index (χ3n) is 11.6. The van der Waals surface area contributed by atoms with Crippen LogP contribution in [0, 0.1) is 30.1 Å². The standard InChI is InChI=1S/C32H30Cl2N4O4/c1-14-7-35-26-20(39)3-18-24(22(14)26)16(5-33)9-37(18)28(41)30-11-31(13-32(30,31)12-30)29(42)38-10-17(6-34)25-19(38)4-21(40)27-23(25)15(2)8-36-27/h3-4,7-8,16-17,35-36,39-40H,5-6,9-13H2,1-2H3. The van der Waals surface area contributed by atoms with Crippen LogP contribution in [0.5, 0.6) is 11.5 Å². The molecular formula is C32H30Cl2N4O4. The average Bonchev–Trinajstić information content (AvgIpc) is 3.38. The molecule has 2 aliphatic heterocycles. The zero-order chi connectivity index (χ0) is 29.1. The lowest BCUT2D eigenvalue weighted by atomic mass is 9.72. The number of H-pyrrole nitrogens is 2. The van der Waals surface area contributed by atoms with E-state index in [1.807, 2.05) is 36.0 Å². The number of phenolic OH excluding ortho intramolecular Hbond substituents is 2. The maximum atomic E-state index is 14.3. The highest BCUT2D eigenvalue weighted by Gasteiger charge is 3.01. The highest BCUT2D eigenvalue weighted by atomic mass is 35.5. The Labute approximate surface area is 251 Å². The molecule has 3 saturated carbocycles. The van der Waals surface area contributed by atoms with Crippen molar-refractivity contribution in [2.45, 2.75) is 44.9 Å². The monoisotopic (exact) mass is 604 g/mol. The fourth-order valence-corrected chi connectivity index (χ4v) is 10.1. The topological polar surface area (TPSA) is 113 Å². The van der Waals surface area contributed by atoms with Crippen LogP contribution < -0.4 is 9.80 Å². The van der Waals surface area contributed by atoms with Gasteiger partial charge in [0.2, 0.25) is 11.8 Å². The van der Waals surface area contributed by atoms with Crippen molar-refractivity contribution in [1.82, 2.24) is 9.97 Å². The van der Waals surface area contributed by atoms with Crippen molar-refractivity contribution in [3.05, 3.63) is 46.8 Å². The minimum atomic E-state index is -0.545. The number of rotatable bonds is 4. The Morgan fingerprint density at radius 3 is 1.62 bits per heavy atom. The average molecular weight is 606 g/mol. The van der Waals surface area contributed by atoms with E-state index in [2.05, 4.69) is 9.97 Å². The van der Waals surface area contributed by atoms with Gasteiger partial charge in [0.25, 0.3) is 0 Å². The van der Waals surface area contributed by atoms with E-state index >= 15 is 0 Å². The van der Waals surface area contributed by atoms with Gasteiger partial charge in [-0.15, -0.1) is 23.2 Å². The number of hydrogen-bond donors (Lipinski definition) is 4. The number of halogens is 2. The normalized spacial score (nSPS) is 31.6. The molecule has 4 N–H and O–H groups in total. The molecule has 10 heteroatoms. The Morgan fingerprint density at radius 1 is 0.810 bits per heavy atom. The number of carbonyl (C=O) groups excluding carboxylic acids is 2. The first-order valence-electron chi connectivity index (χ1n) is 14.6. The van der Waals surface area contributed by atoms with Gasteiger partial charge in [0.1, 0.15) is 11.5 Å². The van der Waals surface area contributed by atoms with E-state index in [9.17, 15) is 19.8 Å². The predicted octanol–water partition coefficient (Wildman–Crippen LogP) is 5.89. The van der Waals surface area contributed by atoms with Gasteiger partial charge in [-0.2, -0.15) is 0 Å². The molecule has 2 aromatic heterocycles. The number of aromatic nitrogens is 2. The Hall–Kier alpha value is -3.36. The molecule has 0 saturated heterocycles. The highest BCUT2D eigenvalue weighted by molar-refractivity contribution is 6.20. The van der Waals surface area contributed by atoms with Gasteiger partial charge in [0.05, 0.1) is 33.2 Å². The van der Waals surface area contributed by atoms with Crippen molar-refractivity contribution in [2.24, 2.45) is 16.2 Å². The zero-order valence-corrected chi connectivity index (χ0v) is 24.8. The fraction of sp³-hybridized carbons (Fsp3) is 0.438. The summed E-state index contributed by atoms with van der Waals surface area (Å²) >= 11 is 12.9. The van der Waals surface area contributed by atoms with Crippen LogP contribution in [-0.4, -0.2) is 56.8 Å². The second kappa shape index (κ2) is 7.58. The van der Waals surface area contributed by atoms with E-state index < -0.39 is 10.8 Å². The Bertz CT molecular complexity index is 1810. The summed E-state index contributed by atoms with van der Waals surface area (Å²) in [4.78, 5) is 38.6. The number of anilines is 2. The molecule has 8 nitrogen and oxygen atoms in total. The fourth-order valence-electron chi connectivity index (χ4n) is 9.59. The van der Waals surface area contributed by atoms with Gasteiger partial charge in [-0.05, 0) is 55.4 Å². The molecular weight excluding hydrogens is 575 g/mol. The quantitative estimate of drug-likeness (QED) is 0.218. The van der Waals surface area contributed by atoms with Crippen LogP contribution in [0.4, 0.5) is 11.4 Å². The number of aromatic hydroxyl groups is 2. The second-order valence-electron chi connectivity index (χ2n) is 13.4. The summed E-state index contributed by atoms with van der Waals surface area (Å²) < 4.78 is 0. The summed E-state index contributed by atoms with van der Waals surface area (Å²) in [6, 6.07) is 3.38. The Kier molecular flexibility index (Phi) is 4.54. The number of carbonyl (C=O) groups is 2. The number of benzene rings is 2. The molecule has 0 radical (unpaired) electrons. The minimum absolute atomic E-state index is 0.0324. The van der Waals surface area contributed by atoms with Crippen molar-refractivity contribution in [1.29, 1.82) is 0 Å². The SMILES string of the molecule is Cc1c[nH]c2c(O)cc3c(c12)C(CCl)CN3C(=O)C12CC3(C(=O)N4CC(CCl)c5c4cc(O)c4[nH]cc(C)c54)CC13C2. The summed E-state index contributed by atoms with van der Waals surface area (Å²) in [5.41, 5.74) is 5.47. The summed E-state index contributed by atoms with van der Waals surface area (Å²) in [7, 11) is 0. The van der Waals surface area contributed by atoms with Crippen molar-refractivity contribution >= 4 is 68.2 Å². The Balaban J connectivity index is 1.05. The summed E-state index contributed by atoms with van der Waals surface area (Å²) in [5.74, 6) is 1.02. The van der Waals surface area contributed by atoms with Crippen LogP contribution in [0.3, 0.4) is 0 Å². The van der Waals surface area contributed by atoms with E-state index in [1.54, 1.807) is 12.1 Å². The molecule has 1 spiro atoms. The van der Waals surface area contributed by atoms with Crippen molar-refractivity contribution in [3.8, 4) is 11.5 Å². The van der Waals surface area contributed by atoms with Gasteiger partial charge in [-0.25, -0.2) is 0 Å². The molecule has 4 aromatic rings. The molecule has 5 aliphatic rings. The molecule has 4 unspecified atom stereocenters. The molecule has 2 aromatic carbocycles. The second-order valence-corrected chi connectivity index (χ2v) is 14.0. The first kappa shape index (κ1) is 25.2. The van der Waals surface area contributed by atoms with Gasteiger partial charge >= 0.3 is 0 Å². The third kappa shape index (κ3) is 2.57. The zero-order valence-electron chi connectivity index (χ0n) is 23.3. The number of alkyl halides is 2. The first-order valence-corrected chi connectivity index (χ1v) is 15.6. The lowest BCUT2D eigenvalue weighted by Crippen LogP contribution is -2.49. The smallest absolute Gasteiger partial charge is 0.233 e. The number of amides is 2. The van der Waals surface area contributed by atoms with Gasteiger partial charge in [0, 0.05) is 77.4 Å². The lowest BCUT2D eigenvalue weighted by Gasteiger charge is -2.37. The van der Waals surface area contributed by atoms with Crippen molar-refractivity contribution in [2.75, 3.05) is 34.6 Å². The van der Waals surface area contributed by atoms with Crippen LogP contribution >= 0.6 is 23.2 Å². The van der Waals surface area contributed by atoms with Crippen LogP contribution in [0.25, 0.3) is 21.8 Å². The molecule has 4 heterocycles. The first-order chi connectivity index (χ1) is 20.1. The summed E-state index contributed by atoms with van der Waals surface area (Å²) in [5, 5.41) is 23.5. The number of nitrogens with one attached hydrogen (secondary N) is 2. The maximum absolute atomic E-state index is 14.3. The number of aryl methyl sites for hydroxylation is 2. The van der Waals surface area contributed by atoms with Crippen LogP contribution in [0.15, 0.2) is 24.5 Å². The van der Waals surface area contributed by atoms with E-state index in [-0.39, 0.29) is 40.6 Å². The van der Waals surface area contributed by atoms with Gasteiger partial charge in [-0.1, -0.05) is 0 Å². The van der Waals surface area contributed by atoms with Gasteiger partial charge in [0.15, 0.2) is 0 Å². The number of fused-ring (bicyclic) bond motifs is 6. The lowest BCUT2D eigenvalue weighted by molar-refractivity contribution is -0.134. The van der Waals surface area contributed by atoms with Crippen LogP contribution in [0.2, 0.25) is 0 Å². The van der Waals surface area contributed by atoms with Crippen molar-refractivity contribution < 1.29 is 19.8 Å². The van der Waals surface area contributed by atoms with E-state index in [0.717, 1.165) is 44.4 Å². The van der Waals surface area contributed by atoms with E-state index in [4.69, 9.17) is 23.2 Å². The molecule has 4 atom stereocenters. The van der Waals surface area contributed by atoms with Gasteiger partial charge in [-0.3, -0.25) is 9.59 Å². The largest absolute Gasteiger partial charge is 0.506 e. The molecule has 2 amide bonds. The van der Waals surface area contributed by atoms with Crippen LogP contribution in [0.1, 0.15) is 53.4 Å². The third-order valence-corrected chi connectivity index (χ3v) is 12.3. The number of hydrogen-bond acceptors (Lipinski definition) is 4. The minimum Gasteiger partial charge on any atom is -0.506 e. The number of nitrogens with zero attached hydrogens (tertiary/aromatic N) is 2. The molecule has 3 fully saturated rings. The number of aromatic amines is 2. The van der Waals surface area contributed by atoms with Crippen LogP contribution in [-0.2, 0) is 9.59 Å². The maximum Gasteiger partial charge on any atom is 0.233 e.